The van der Waals surface area contributed by atoms with Crippen molar-refractivity contribution in [3.63, 3.8) is 0 Å². The Morgan fingerprint density at radius 2 is 2.29 bits per heavy atom. The van der Waals surface area contributed by atoms with Crippen molar-refractivity contribution in [1.82, 2.24) is 20.1 Å². The zero-order chi connectivity index (χ0) is 10.1. The number of nitrogens with one attached hydrogen (secondary N) is 1. The maximum absolute atomic E-state index is 9.61. The standard InChI is InChI=1S/C8H14N4OS/c1-5-10-11-8(12(5)2)14-7-4-9-3-6(7)13/h6-7,9,13H,3-4H2,1-2H3. The van der Waals surface area contributed by atoms with Crippen molar-refractivity contribution < 1.29 is 5.11 Å². The molecule has 0 amide bonds. The molecular formula is C8H14N4OS. The van der Waals surface area contributed by atoms with Gasteiger partial charge in [0.1, 0.15) is 5.82 Å². The van der Waals surface area contributed by atoms with Crippen molar-refractivity contribution in [2.24, 2.45) is 7.05 Å². The first-order chi connectivity index (χ1) is 6.68. The molecule has 2 atom stereocenters. The van der Waals surface area contributed by atoms with Crippen LogP contribution in [0.5, 0.6) is 0 Å². The average Bonchev–Trinajstić information content (AvgIpc) is 2.68. The molecule has 1 aliphatic rings. The van der Waals surface area contributed by atoms with Crippen LogP contribution in [0.3, 0.4) is 0 Å². The van der Waals surface area contributed by atoms with Crippen LogP contribution >= 0.6 is 11.8 Å². The van der Waals surface area contributed by atoms with Gasteiger partial charge in [0.05, 0.1) is 11.4 Å². The minimum atomic E-state index is -0.281. The number of thioether (sulfide) groups is 1. The molecule has 0 saturated carbocycles. The Labute approximate surface area is 86.9 Å². The second-order valence-corrected chi connectivity index (χ2v) is 4.68. The van der Waals surface area contributed by atoms with E-state index in [-0.39, 0.29) is 11.4 Å². The average molecular weight is 214 g/mol. The monoisotopic (exact) mass is 214 g/mol. The van der Waals surface area contributed by atoms with Gasteiger partial charge in [-0.25, -0.2) is 0 Å². The van der Waals surface area contributed by atoms with Gasteiger partial charge in [-0.2, -0.15) is 0 Å². The largest absolute Gasteiger partial charge is 0.391 e. The molecule has 2 N–H and O–H groups in total. The van der Waals surface area contributed by atoms with Crippen LogP contribution in [0.2, 0.25) is 0 Å². The number of nitrogens with zero attached hydrogens (tertiary/aromatic N) is 3. The molecule has 78 valence electrons. The van der Waals surface area contributed by atoms with Crippen molar-refractivity contribution in [3.05, 3.63) is 5.82 Å². The van der Waals surface area contributed by atoms with Crippen LogP contribution in [0.4, 0.5) is 0 Å². The van der Waals surface area contributed by atoms with Gasteiger partial charge < -0.3 is 15.0 Å². The Morgan fingerprint density at radius 3 is 2.79 bits per heavy atom. The fraction of sp³-hybridized carbons (Fsp3) is 0.750. The van der Waals surface area contributed by atoms with Crippen molar-refractivity contribution in [2.45, 2.75) is 23.4 Å². The minimum Gasteiger partial charge on any atom is -0.391 e. The molecule has 2 unspecified atom stereocenters. The van der Waals surface area contributed by atoms with E-state index in [2.05, 4.69) is 15.5 Å². The van der Waals surface area contributed by atoms with Gasteiger partial charge >= 0.3 is 0 Å². The summed E-state index contributed by atoms with van der Waals surface area (Å²) in [5.41, 5.74) is 0. The Balaban J connectivity index is 2.07. The lowest BCUT2D eigenvalue weighted by Crippen LogP contribution is -2.20. The maximum atomic E-state index is 9.61. The lowest BCUT2D eigenvalue weighted by Gasteiger charge is -2.11. The van der Waals surface area contributed by atoms with Crippen molar-refractivity contribution >= 4 is 11.8 Å². The van der Waals surface area contributed by atoms with Gasteiger partial charge in [0.25, 0.3) is 0 Å². The van der Waals surface area contributed by atoms with Crippen molar-refractivity contribution in [3.8, 4) is 0 Å². The highest BCUT2D eigenvalue weighted by Gasteiger charge is 2.27. The van der Waals surface area contributed by atoms with Crippen LogP contribution in [-0.4, -0.2) is 44.3 Å². The highest BCUT2D eigenvalue weighted by Crippen LogP contribution is 2.25. The highest BCUT2D eigenvalue weighted by atomic mass is 32.2. The number of hydrogen-bond acceptors (Lipinski definition) is 5. The molecule has 5 nitrogen and oxygen atoms in total. The second kappa shape index (κ2) is 3.88. The van der Waals surface area contributed by atoms with E-state index < -0.39 is 0 Å². The van der Waals surface area contributed by atoms with Gasteiger partial charge in [0.2, 0.25) is 0 Å². The summed E-state index contributed by atoms with van der Waals surface area (Å²) in [6, 6.07) is 0. The Hall–Kier alpha value is -0.590. The lowest BCUT2D eigenvalue weighted by molar-refractivity contribution is 0.201. The molecule has 6 heteroatoms. The van der Waals surface area contributed by atoms with Crippen LogP contribution in [0.1, 0.15) is 5.82 Å². The van der Waals surface area contributed by atoms with Crippen LogP contribution < -0.4 is 5.32 Å². The van der Waals surface area contributed by atoms with Crippen molar-refractivity contribution in [2.75, 3.05) is 13.1 Å². The highest BCUT2D eigenvalue weighted by molar-refractivity contribution is 7.99. The first-order valence-corrected chi connectivity index (χ1v) is 5.48. The Kier molecular flexibility index (Phi) is 2.76. The van der Waals surface area contributed by atoms with E-state index in [0.717, 1.165) is 17.5 Å². The topological polar surface area (TPSA) is 63.0 Å². The summed E-state index contributed by atoms with van der Waals surface area (Å²) in [6.07, 6.45) is -0.281. The molecule has 2 heterocycles. The molecule has 0 bridgehead atoms. The summed E-state index contributed by atoms with van der Waals surface area (Å²) in [5, 5.41) is 21.8. The van der Waals surface area contributed by atoms with E-state index in [9.17, 15) is 5.11 Å². The second-order valence-electron chi connectivity index (χ2n) is 3.47. The van der Waals surface area contributed by atoms with Crippen LogP contribution in [-0.2, 0) is 7.05 Å². The molecule has 2 rings (SSSR count). The number of rotatable bonds is 2. The van der Waals surface area contributed by atoms with E-state index >= 15 is 0 Å². The third-order valence-corrected chi connectivity index (χ3v) is 3.79. The minimum absolute atomic E-state index is 0.192. The first kappa shape index (κ1) is 9.95. The summed E-state index contributed by atoms with van der Waals surface area (Å²) >= 11 is 1.58. The number of aryl methyl sites for hydroxylation is 1. The summed E-state index contributed by atoms with van der Waals surface area (Å²) in [5.74, 6) is 0.896. The Bertz CT molecular complexity index is 327. The van der Waals surface area contributed by atoms with Gasteiger partial charge in [-0.05, 0) is 6.92 Å². The quantitative estimate of drug-likeness (QED) is 0.698. The Morgan fingerprint density at radius 1 is 1.50 bits per heavy atom. The predicted molar refractivity (Wildman–Crippen MR) is 54.3 cm³/mol. The van der Waals surface area contributed by atoms with Gasteiger partial charge in [0.15, 0.2) is 5.16 Å². The molecule has 0 radical (unpaired) electrons. The molecule has 0 spiro atoms. The normalized spacial score (nSPS) is 27.1. The zero-order valence-corrected chi connectivity index (χ0v) is 9.08. The van der Waals surface area contributed by atoms with E-state index in [1.807, 2.05) is 18.5 Å². The number of aliphatic hydroxyl groups excluding tert-OH is 1. The van der Waals surface area contributed by atoms with E-state index in [4.69, 9.17) is 0 Å². The van der Waals surface area contributed by atoms with Gasteiger partial charge in [-0.3, -0.25) is 0 Å². The number of β-amino-alcohol motifs (C(OH)–C–C–N with tert-alkyl or cyclic N) is 1. The first-order valence-electron chi connectivity index (χ1n) is 4.60. The molecular weight excluding hydrogens is 200 g/mol. The molecule has 1 aromatic heterocycles. The molecule has 1 fully saturated rings. The van der Waals surface area contributed by atoms with Crippen molar-refractivity contribution in [1.29, 1.82) is 0 Å². The molecule has 14 heavy (non-hydrogen) atoms. The number of aromatic nitrogens is 3. The summed E-state index contributed by atoms with van der Waals surface area (Å²) in [6.45, 7) is 3.42. The molecule has 1 saturated heterocycles. The summed E-state index contributed by atoms with van der Waals surface area (Å²) in [7, 11) is 1.94. The summed E-state index contributed by atoms with van der Waals surface area (Å²) < 4.78 is 1.94. The van der Waals surface area contributed by atoms with Crippen LogP contribution in [0.15, 0.2) is 5.16 Å². The fourth-order valence-corrected chi connectivity index (χ4v) is 2.49. The number of hydrogen-bond donors (Lipinski definition) is 2. The van der Waals surface area contributed by atoms with Gasteiger partial charge in [-0.15, -0.1) is 10.2 Å². The van der Waals surface area contributed by atoms with Gasteiger partial charge in [0, 0.05) is 20.1 Å². The smallest absolute Gasteiger partial charge is 0.191 e. The maximum Gasteiger partial charge on any atom is 0.191 e. The third kappa shape index (κ3) is 1.77. The van der Waals surface area contributed by atoms with E-state index in [1.165, 1.54) is 0 Å². The van der Waals surface area contributed by atoms with Crippen LogP contribution in [0, 0.1) is 6.92 Å². The predicted octanol–water partition coefficient (Wildman–Crippen LogP) is -0.452. The third-order valence-electron chi connectivity index (χ3n) is 2.44. The summed E-state index contributed by atoms with van der Waals surface area (Å²) in [4.78, 5) is 0. The molecule has 1 aromatic rings. The number of aliphatic hydroxyl groups is 1. The molecule has 0 aromatic carbocycles. The fourth-order valence-electron chi connectivity index (χ4n) is 1.39. The lowest BCUT2D eigenvalue weighted by atomic mass is 10.3. The van der Waals surface area contributed by atoms with E-state index in [0.29, 0.717) is 6.54 Å². The van der Waals surface area contributed by atoms with E-state index in [1.54, 1.807) is 11.8 Å². The molecule has 0 aliphatic carbocycles. The SMILES string of the molecule is Cc1nnc(SC2CNCC2O)n1C. The zero-order valence-electron chi connectivity index (χ0n) is 8.27. The van der Waals surface area contributed by atoms with Crippen LogP contribution in [0.25, 0.3) is 0 Å². The van der Waals surface area contributed by atoms with Gasteiger partial charge in [-0.1, -0.05) is 11.8 Å². The molecule has 1 aliphatic heterocycles.